The molecule has 0 aliphatic heterocycles. The standard InChI is InChI=1S/C6H4Br2F3NO2S2/c7-2-1-3(15-5(2)8)4(6(9,10)11)16(12,13)14/h1,4H,(H2,12,13,14). The molecule has 0 saturated carbocycles. The van der Waals surface area contributed by atoms with Gasteiger partial charge < -0.3 is 0 Å². The molecule has 1 aromatic heterocycles. The highest BCUT2D eigenvalue weighted by Gasteiger charge is 2.49. The molecule has 92 valence electrons. The summed E-state index contributed by atoms with van der Waals surface area (Å²) < 4.78 is 60.3. The maximum Gasteiger partial charge on any atom is 0.411 e. The summed E-state index contributed by atoms with van der Waals surface area (Å²) in [6.07, 6.45) is -4.93. The third kappa shape index (κ3) is 3.19. The van der Waals surface area contributed by atoms with Crippen LogP contribution >= 0.6 is 43.2 Å². The lowest BCUT2D eigenvalue weighted by Gasteiger charge is -2.16. The largest absolute Gasteiger partial charge is 0.411 e. The van der Waals surface area contributed by atoms with Crippen LogP contribution in [0.25, 0.3) is 0 Å². The Morgan fingerprint density at radius 3 is 2.12 bits per heavy atom. The van der Waals surface area contributed by atoms with E-state index in [1.807, 2.05) is 0 Å². The number of rotatable bonds is 2. The molecule has 0 fully saturated rings. The number of hydrogen-bond acceptors (Lipinski definition) is 3. The van der Waals surface area contributed by atoms with E-state index in [1.54, 1.807) is 0 Å². The molecular weight excluding hydrogens is 399 g/mol. The van der Waals surface area contributed by atoms with Crippen molar-refractivity contribution in [1.82, 2.24) is 0 Å². The Balaban J connectivity index is 3.34. The van der Waals surface area contributed by atoms with Crippen LogP contribution in [-0.4, -0.2) is 14.6 Å². The Labute approximate surface area is 110 Å². The molecule has 0 aromatic carbocycles. The van der Waals surface area contributed by atoms with Crippen molar-refractivity contribution in [3.63, 3.8) is 0 Å². The van der Waals surface area contributed by atoms with Crippen molar-refractivity contribution in [3.05, 3.63) is 19.2 Å². The van der Waals surface area contributed by atoms with Gasteiger partial charge >= 0.3 is 6.18 Å². The SMILES string of the molecule is NS(=O)(=O)C(c1cc(Br)c(Br)s1)C(F)(F)F. The van der Waals surface area contributed by atoms with E-state index < -0.39 is 21.4 Å². The number of thiophene rings is 1. The summed E-state index contributed by atoms with van der Waals surface area (Å²) in [5.41, 5.74) is 0. The molecule has 0 saturated heterocycles. The summed E-state index contributed by atoms with van der Waals surface area (Å²) in [4.78, 5) is -0.381. The molecule has 0 amide bonds. The van der Waals surface area contributed by atoms with Crippen LogP contribution in [0.1, 0.15) is 10.1 Å². The minimum atomic E-state index is -4.93. The molecule has 0 bridgehead atoms. The Morgan fingerprint density at radius 2 is 1.88 bits per heavy atom. The van der Waals surface area contributed by atoms with Crippen LogP contribution < -0.4 is 5.14 Å². The number of primary sulfonamides is 1. The molecule has 1 rings (SSSR count). The second-order valence-corrected chi connectivity index (χ2v) is 7.69. The van der Waals surface area contributed by atoms with Gasteiger partial charge in [-0.1, -0.05) is 0 Å². The quantitative estimate of drug-likeness (QED) is 0.825. The first kappa shape index (κ1) is 14.4. The molecular formula is C6H4Br2F3NO2S2. The smallest absolute Gasteiger partial charge is 0.228 e. The van der Waals surface area contributed by atoms with Gasteiger partial charge in [0.2, 0.25) is 15.3 Å². The zero-order valence-corrected chi connectivity index (χ0v) is 12.1. The summed E-state index contributed by atoms with van der Waals surface area (Å²) in [6, 6.07) is 1.08. The molecule has 1 aromatic rings. The fraction of sp³-hybridized carbons (Fsp3) is 0.333. The van der Waals surface area contributed by atoms with Crippen molar-refractivity contribution < 1.29 is 21.6 Å². The van der Waals surface area contributed by atoms with Gasteiger partial charge in [0.25, 0.3) is 0 Å². The third-order valence-electron chi connectivity index (χ3n) is 1.55. The lowest BCUT2D eigenvalue weighted by molar-refractivity contribution is -0.130. The third-order valence-corrected chi connectivity index (χ3v) is 6.20. The molecule has 2 N–H and O–H groups in total. The number of alkyl halides is 3. The van der Waals surface area contributed by atoms with E-state index >= 15 is 0 Å². The van der Waals surface area contributed by atoms with E-state index in [-0.39, 0.29) is 4.88 Å². The van der Waals surface area contributed by atoms with Crippen molar-refractivity contribution in [3.8, 4) is 0 Å². The number of nitrogens with two attached hydrogens (primary N) is 1. The van der Waals surface area contributed by atoms with E-state index in [1.165, 1.54) is 0 Å². The molecule has 1 atom stereocenters. The molecule has 1 unspecified atom stereocenters. The van der Waals surface area contributed by atoms with Crippen LogP contribution in [0.15, 0.2) is 14.3 Å². The molecule has 0 spiro atoms. The minimum Gasteiger partial charge on any atom is -0.228 e. The van der Waals surface area contributed by atoms with Crippen molar-refractivity contribution >= 4 is 53.2 Å². The first-order chi connectivity index (χ1) is 7.03. The normalized spacial score (nSPS) is 15.1. The molecule has 0 aliphatic rings. The lowest BCUT2D eigenvalue weighted by atomic mass is 10.3. The van der Waals surface area contributed by atoms with E-state index in [4.69, 9.17) is 0 Å². The molecule has 0 radical (unpaired) electrons. The average molecular weight is 403 g/mol. The fourth-order valence-electron chi connectivity index (χ4n) is 1.00. The van der Waals surface area contributed by atoms with Gasteiger partial charge in [0, 0.05) is 9.35 Å². The summed E-state index contributed by atoms with van der Waals surface area (Å²) in [7, 11) is -4.74. The number of halogens is 5. The van der Waals surface area contributed by atoms with E-state index in [9.17, 15) is 21.6 Å². The molecule has 0 aliphatic carbocycles. The second-order valence-electron chi connectivity index (χ2n) is 2.78. The first-order valence-electron chi connectivity index (χ1n) is 3.56. The van der Waals surface area contributed by atoms with Crippen molar-refractivity contribution in [2.75, 3.05) is 0 Å². The Hall–Kier alpha value is 0.360. The van der Waals surface area contributed by atoms with Gasteiger partial charge in [0.15, 0.2) is 0 Å². The summed E-state index contributed by atoms with van der Waals surface area (Å²) in [5, 5.41) is 1.90. The van der Waals surface area contributed by atoms with Gasteiger partial charge in [-0.3, -0.25) is 0 Å². The van der Waals surface area contributed by atoms with Crippen LogP contribution in [0.4, 0.5) is 13.2 Å². The zero-order chi connectivity index (χ0) is 12.7. The van der Waals surface area contributed by atoms with Gasteiger partial charge in [0.05, 0.1) is 3.79 Å². The molecule has 10 heteroatoms. The summed E-state index contributed by atoms with van der Waals surface area (Å²) >= 11 is 6.63. The average Bonchev–Trinajstić information content (AvgIpc) is 2.24. The Bertz CT molecular complexity index is 477. The van der Waals surface area contributed by atoms with Crippen molar-refractivity contribution in [1.29, 1.82) is 0 Å². The lowest BCUT2D eigenvalue weighted by Crippen LogP contribution is -2.32. The van der Waals surface area contributed by atoms with Crippen LogP contribution in [0.3, 0.4) is 0 Å². The molecule has 16 heavy (non-hydrogen) atoms. The van der Waals surface area contributed by atoms with E-state index in [0.717, 1.165) is 6.07 Å². The predicted molar refractivity (Wildman–Crippen MR) is 61.6 cm³/mol. The maximum absolute atomic E-state index is 12.6. The van der Waals surface area contributed by atoms with Crippen molar-refractivity contribution in [2.24, 2.45) is 5.14 Å². The maximum atomic E-state index is 12.6. The van der Waals surface area contributed by atoms with Gasteiger partial charge in [0.1, 0.15) is 0 Å². The summed E-state index contributed by atoms with van der Waals surface area (Å²) in [6.45, 7) is 0. The first-order valence-corrected chi connectivity index (χ1v) is 7.57. The monoisotopic (exact) mass is 401 g/mol. The highest BCUT2D eigenvalue weighted by molar-refractivity contribution is 9.13. The van der Waals surface area contributed by atoms with Gasteiger partial charge in [-0.05, 0) is 37.9 Å². The minimum absolute atomic E-state index is 0.352. The van der Waals surface area contributed by atoms with Crippen molar-refractivity contribution in [2.45, 2.75) is 11.4 Å². The van der Waals surface area contributed by atoms with Crippen LogP contribution in [0.2, 0.25) is 0 Å². The summed E-state index contributed by atoms with van der Waals surface area (Å²) in [5.74, 6) is 0. The zero-order valence-electron chi connectivity index (χ0n) is 7.25. The van der Waals surface area contributed by atoms with Crippen LogP contribution in [-0.2, 0) is 10.0 Å². The highest BCUT2D eigenvalue weighted by atomic mass is 79.9. The number of sulfonamides is 1. The molecule has 3 nitrogen and oxygen atoms in total. The topological polar surface area (TPSA) is 60.2 Å². The Kier molecular flexibility index (Phi) is 4.11. The molecule has 1 heterocycles. The Morgan fingerprint density at radius 1 is 1.38 bits per heavy atom. The fourth-order valence-corrected chi connectivity index (χ4v) is 4.41. The van der Waals surface area contributed by atoms with Gasteiger partial charge in [-0.15, -0.1) is 11.3 Å². The van der Waals surface area contributed by atoms with E-state index in [2.05, 4.69) is 37.0 Å². The van der Waals surface area contributed by atoms with E-state index in [0.29, 0.717) is 19.6 Å². The second kappa shape index (κ2) is 4.56. The van der Waals surface area contributed by atoms with Gasteiger partial charge in [-0.25, -0.2) is 13.6 Å². The van der Waals surface area contributed by atoms with Crippen LogP contribution in [0, 0.1) is 0 Å². The number of hydrogen-bond donors (Lipinski definition) is 1. The van der Waals surface area contributed by atoms with Gasteiger partial charge in [-0.2, -0.15) is 13.2 Å². The highest BCUT2D eigenvalue weighted by Crippen LogP contribution is 2.44. The predicted octanol–water partition coefficient (Wildman–Crippen LogP) is 3.17. The van der Waals surface area contributed by atoms with Crippen LogP contribution in [0.5, 0.6) is 0 Å².